The fraction of sp³-hybridized carbons (Fsp3) is 0.471. The van der Waals surface area contributed by atoms with Crippen LogP contribution < -0.4 is 5.63 Å². The van der Waals surface area contributed by atoms with E-state index in [-0.39, 0.29) is 16.5 Å². The van der Waals surface area contributed by atoms with Gasteiger partial charge in [0.1, 0.15) is 5.58 Å². The molecular weight excluding hydrogens is 236 g/mol. The average molecular weight is 258 g/mol. The number of rotatable bonds is 0. The van der Waals surface area contributed by atoms with Crippen molar-refractivity contribution in [2.75, 3.05) is 0 Å². The Balaban J connectivity index is 2.94. The van der Waals surface area contributed by atoms with Gasteiger partial charge in [0, 0.05) is 11.5 Å². The van der Waals surface area contributed by atoms with Crippen LogP contribution in [-0.4, -0.2) is 0 Å². The van der Waals surface area contributed by atoms with E-state index in [4.69, 9.17) is 4.42 Å². The molecule has 2 rings (SSSR count). The zero-order valence-electron chi connectivity index (χ0n) is 12.6. The van der Waals surface area contributed by atoms with Crippen molar-refractivity contribution in [2.45, 2.75) is 52.4 Å². The molecule has 0 fully saturated rings. The van der Waals surface area contributed by atoms with Gasteiger partial charge >= 0.3 is 5.63 Å². The van der Waals surface area contributed by atoms with E-state index >= 15 is 0 Å². The van der Waals surface area contributed by atoms with Crippen LogP contribution in [0.15, 0.2) is 33.5 Å². The van der Waals surface area contributed by atoms with Crippen LogP contribution >= 0.6 is 0 Å². The van der Waals surface area contributed by atoms with Crippen molar-refractivity contribution in [1.29, 1.82) is 0 Å². The summed E-state index contributed by atoms with van der Waals surface area (Å²) in [7, 11) is 0. The second-order valence-corrected chi connectivity index (χ2v) is 7.15. The standard InChI is InChI=1S/C17H22O2/c1-16(2,3)12-8-9-13-11(7-10-14(18)19-13)15(12)17(4,5)6/h7-10H,1-6H3. The van der Waals surface area contributed by atoms with Crippen molar-refractivity contribution in [1.82, 2.24) is 0 Å². The van der Waals surface area contributed by atoms with Crippen LogP contribution in [0.3, 0.4) is 0 Å². The first-order chi connectivity index (χ1) is 8.60. The fourth-order valence-corrected chi connectivity index (χ4v) is 2.58. The third-order valence-corrected chi connectivity index (χ3v) is 3.36. The van der Waals surface area contributed by atoms with E-state index in [1.807, 2.05) is 12.1 Å². The van der Waals surface area contributed by atoms with Crippen LogP contribution in [-0.2, 0) is 10.8 Å². The quantitative estimate of drug-likeness (QED) is 0.656. The highest BCUT2D eigenvalue weighted by Crippen LogP contribution is 2.38. The maximum absolute atomic E-state index is 11.4. The lowest BCUT2D eigenvalue weighted by atomic mass is 9.74. The first kappa shape index (κ1) is 13.9. The Hall–Kier alpha value is -1.57. The highest BCUT2D eigenvalue weighted by Gasteiger charge is 2.27. The molecule has 0 aliphatic carbocycles. The highest BCUT2D eigenvalue weighted by atomic mass is 16.4. The molecule has 0 amide bonds. The van der Waals surface area contributed by atoms with E-state index in [2.05, 4.69) is 47.6 Å². The van der Waals surface area contributed by atoms with Crippen molar-refractivity contribution in [2.24, 2.45) is 0 Å². The highest BCUT2D eigenvalue weighted by molar-refractivity contribution is 5.83. The molecule has 0 radical (unpaired) electrons. The molecule has 19 heavy (non-hydrogen) atoms. The molecule has 2 nitrogen and oxygen atoms in total. The molecule has 0 spiro atoms. The minimum atomic E-state index is -0.295. The average Bonchev–Trinajstić information content (AvgIpc) is 2.24. The zero-order chi connectivity index (χ0) is 14.4. The maximum atomic E-state index is 11.4. The second-order valence-electron chi connectivity index (χ2n) is 7.15. The summed E-state index contributed by atoms with van der Waals surface area (Å²) in [4.78, 5) is 11.4. The van der Waals surface area contributed by atoms with E-state index in [0.29, 0.717) is 5.58 Å². The number of fused-ring (bicyclic) bond motifs is 1. The topological polar surface area (TPSA) is 30.2 Å². The number of benzene rings is 1. The lowest BCUT2D eigenvalue weighted by Gasteiger charge is -2.31. The summed E-state index contributed by atoms with van der Waals surface area (Å²) in [6, 6.07) is 7.39. The van der Waals surface area contributed by atoms with Gasteiger partial charge in [-0.05, 0) is 34.1 Å². The molecular formula is C17H22O2. The van der Waals surface area contributed by atoms with Crippen LogP contribution in [0.25, 0.3) is 11.0 Å². The largest absolute Gasteiger partial charge is 0.423 e. The molecule has 0 saturated heterocycles. The Morgan fingerprint density at radius 1 is 0.842 bits per heavy atom. The second kappa shape index (κ2) is 4.22. The van der Waals surface area contributed by atoms with Crippen molar-refractivity contribution in [3.8, 4) is 0 Å². The van der Waals surface area contributed by atoms with Gasteiger partial charge in [0.2, 0.25) is 0 Å². The normalized spacial score (nSPS) is 12.9. The fourth-order valence-electron chi connectivity index (χ4n) is 2.58. The van der Waals surface area contributed by atoms with Crippen molar-refractivity contribution in [3.05, 3.63) is 45.8 Å². The molecule has 0 aliphatic heterocycles. The smallest absolute Gasteiger partial charge is 0.336 e. The molecule has 102 valence electrons. The van der Waals surface area contributed by atoms with Gasteiger partial charge in [0.15, 0.2) is 0 Å². The van der Waals surface area contributed by atoms with Crippen molar-refractivity contribution >= 4 is 11.0 Å². The molecule has 2 heteroatoms. The van der Waals surface area contributed by atoms with E-state index in [9.17, 15) is 4.79 Å². The van der Waals surface area contributed by atoms with E-state index in [0.717, 1.165) is 5.39 Å². The first-order valence-electron chi connectivity index (χ1n) is 6.68. The molecule has 1 aromatic carbocycles. The Labute approximate surface area is 114 Å². The van der Waals surface area contributed by atoms with Crippen molar-refractivity contribution in [3.63, 3.8) is 0 Å². The van der Waals surface area contributed by atoms with E-state index < -0.39 is 0 Å². The molecule has 0 aliphatic rings. The Bertz CT molecular complexity index is 664. The zero-order valence-corrected chi connectivity index (χ0v) is 12.6. The lowest BCUT2D eigenvalue weighted by Crippen LogP contribution is -2.22. The number of hydrogen-bond donors (Lipinski definition) is 0. The van der Waals surface area contributed by atoms with Crippen LogP contribution in [0.1, 0.15) is 52.7 Å². The molecule has 0 bridgehead atoms. The number of hydrogen-bond acceptors (Lipinski definition) is 2. The molecule has 0 saturated carbocycles. The van der Waals surface area contributed by atoms with Crippen LogP contribution in [0, 0.1) is 0 Å². The molecule has 0 atom stereocenters. The van der Waals surface area contributed by atoms with Gasteiger partial charge in [-0.2, -0.15) is 0 Å². The van der Waals surface area contributed by atoms with Gasteiger partial charge in [-0.25, -0.2) is 4.79 Å². The molecule has 1 aromatic heterocycles. The Morgan fingerprint density at radius 2 is 1.47 bits per heavy atom. The predicted octanol–water partition coefficient (Wildman–Crippen LogP) is 4.39. The van der Waals surface area contributed by atoms with Gasteiger partial charge in [-0.15, -0.1) is 0 Å². The summed E-state index contributed by atoms with van der Waals surface area (Å²) in [5.41, 5.74) is 3.01. The maximum Gasteiger partial charge on any atom is 0.336 e. The summed E-state index contributed by atoms with van der Waals surface area (Å²) >= 11 is 0. The minimum absolute atomic E-state index is 0.00203. The third-order valence-electron chi connectivity index (χ3n) is 3.36. The molecule has 2 aromatic rings. The van der Waals surface area contributed by atoms with Crippen LogP contribution in [0.5, 0.6) is 0 Å². The third kappa shape index (κ3) is 2.58. The summed E-state index contributed by atoms with van der Waals surface area (Å²) < 4.78 is 5.31. The molecule has 0 N–H and O–H groups in total. The van der Waals surface area contributed by atoms with Gasteiger partial charge in [-0.1, -0.05) is 47.6 Å². The van der Waals surface area contributed by atoms with Crippen LogP contribution in [0.2, 0.25) is 0 Å². The van der Waals surface area contributed by atoms with E-state index in [1.165, 1.54) is 17.2 Å². The summed E-state index contributed by atoms with van der Waals surface area (Å²) in [5, 5.41) is 1.04. The van der Waals surface area contributed by atoms with Gasteiger partial charge in [0.05, 0.1) is 0 Å². The molecule has 0 unspecified atom stereocenters. The lowest BCUT2D eigenvalue weighted by molar-refractivity contribution is 0.527. The van der Waals surface area contributed by atoms with Crippen molar-refractivity contribution < 1.29 is 4.42 Å². The minimum Gasteiger partial charge on any atom is -0.423 e. The SMILES string of the molecule is CC(C)(C)c1ccc2oc(=O)ccc2c1C(C)(C)C. The molecule has 1 heterocycles. The van der Waals surface area contributed by atoms with Gasteiger partial charge < -0.3 is 4.42 Å². The summed E-state index contributed by atoms with van der Waals surface area (Å²) in [5.74, 6) is 0. The predicted molar refractivity (Wildman–Crippen MR) is 79.9 cm³/mol. The van der Waals surface area contributed by atoms with E-state index in [1.54, 1.807) is 0 Å². The summed E-state index contributed by atoms with van der Waals surface area (Å²) in [6.07, 6.45) is 0. The summed E-state index contributed by atoms with van der Waals surface area (Å²) in [6.45, 7) is 13.2. The van der Waals surface area contributed by atoms with Gasteiger partial charge in [-0.3, -0.25) is 0 Å². The Morgan fingerprint density at radius 3 is 2.00 bits per heavy atom. The van der Waals surface area contributed by atoms with Gasteiger partial charge in [0.25, 0.3) is 0 Å². The first-order valence-corrected chi connectivity index (χ1v) is 6.68. The van der Waals surface area contributed by atoms with Crippen LogP contribution in [0.4, 0.5) is 0 Å². The Kier molecular flexibility index (Phi) is 3.08. The monoisotopic (exact) mass is 258 g/mol.